The number of pyridine rings is 1. The van der Waals surface area contributed by atoms with Crippen molar-refractivity contribution in [3.63, 3.8) is 0 Å². The molecule has 0 radical (unpaired) electrons. The molecule has 1 amide bonds. The molecule has 168 valence electrons. The summed E-state index contributed by atoms with van der Waals surface area (Å²) in [5, 5.41) is 7.12. The lowest BCUT2D eigenvalue weighted by molar-refractivity contribution is -0.192. The van der Waals surface area contributed by atoms with Crippen LogP contribution in [0.3, 0.4) is 0 Å². The predicted octanol–water partition coefficient (Wildman–Crippen LogP) is 3.24. The number of fused-ring (bicyclic) bond motifs is 1. The first-order valence-electron chi connectivity index (χ1n) is 9.97. The van der Waals surface area contributed by atoms with Crippen molar-refractivity contribution in [3.05, 3.63) is 54.1 Å². The molecule has 0 spiro atoms. The third kappa shape index (κ3) is 6.30. The first-order valence-corrected chi connectivity index (χ1v) is 9.97. The lowest BCUT2D eigenvalue weighted by atomic mass is 9.84. The Bertz CT molecular complexity index is 881. The minimum atomic E-state index is -5.08. The second kappa shape index (κ2) is 9.95. The summed E-state index contributed by atoms with van der Waals surface area (Å²) in [7, 11) is 0. The van der Waals surface area contributed by atoms with Crippen LogP contribution in [0.2, 0.25) is 0 Å². The van der Waals surface area contributed by atoms with Gasteiger partial charge in [0.15, 0.2) is 0 Å². The minimum absolute atomic E-state index is 0.00267. The summed E-state index contributed by atoms with van der Waals surface area (Å²) in [6.07, 6.45) is 3.85. The highest BCUT2D eigenvalue weighted by Crippen LogP contribution is 2.29. The Labute approximate surface area is 177 Å². The smallest absolute Gasteiger partial charge is 0.475 e. The zero-order chi connectivity index (χ0) is 22.4. The van der Waals surface area contributed by atoms with Gasteiger partial charge in [-0.3, -0.25) is 9.78 Å². The molecule has 2 aromatic rings. The molecular weight excluding hydrogens is 415 g/mol. The van der Waals surface area contributed by atoms with Crippen molar-refractivity contribution in [2.45, 2.75) is 51.2 Å². The molecule has 1 aliphatic heterocycles. The van der Waals surface area contributed by atoms with Crippen LogP contribution in [0.15, 0.2) is 42.9 Å². The molecule has 2 aliphatic rings. The molecule has 2 aromatic heterocycles. The van der Waals surface area contributed by atoms with Gasteiger partial charge in [0.05, 0.1) is 25.8 Å². The fourth-order valence-electron chi connectivity index (χ4n) is 3.44. The summed E-state index contributed by atoms with van der Waals surface area (Å²) in [6, 6.07) is 8.08. The maximum atomic E-state index is 12.7. The quantitative estimate of drug-likeness (QED) is 0.791. The number of hydrogen-bond donors (Lipinski definition) is 1. The highest BCUT2D eigenvalue weighted by molar-refractivity contribution is 5.79. The molecule has 10 heteroatoms. The second-order valence-electron chi connectivity index (χ2n) is 7.60. The Balaban J connectivity index is 0.000000339. The molecule has 0 saturated heterocycles. The maximum absolute atomic E-state index is 12.7. The largest absolute Gasteiger partial charge is 0.490 e. The number of ether oxygens (including phenoxy) is 1. The van der Waals surface area contributed by atoms with Gasteiger partial charge in [0, 0.05) is 36.7 Å². The molecule has 0 aromatic carbocycles. The predicted molar refractivity (Wildman–Crippen MR) is 104 cm³/mol. The van der Waals surface area contributed by atoms with E-state index in [9.17, 15) is 18.0 Å². The van der Waals surface area contributed by atoms with E-state index < -0.39 is 12.1 Å². The Morgan fingerprint density at radius 3 is 2.52 bits per heavy atom. The van der Waals surface area contributed by atoms with Gasteiger partial charge in [0.1, 0.15) is 0 Å². The van der Waals surface area contributed by atoms with Crippen molar-refractivity contribution in [2.24, 2.45) is 5.92 Å². The van der Waals surface area contributed by atoms with E-state index in [1.165, 1.54) is 12.1 Å². The summed E-state index contributed by atoms with van der Waals surface area (Å²) in [5.74, 6) is -2.23. The van der Waals surface area contributed by atoms with Crippen LogP contribution in [0, 0.1) is 5.92 Å². The van der Waals surface area contributed by atoms with Gasteiger partial charge in [-0.15, -0.1) is 0 Å². The number of halogens is 3. The Kier molecular flexibility index (Phi) is 7.32. The van der Waals surface area contributed by atoms with Crippen LogP contribution in [0.1, 0.15) is 30.5 Å². The van der Waals surface area contributed by atoms with E-state index in [2.05, 4.69) is 21.8 Å². The van der Waals surface area contributed by atoms with Crippen LogP contribution < -0.4 is 0 Å². The second-order valence-corrected chi connectivity index (χ2v) is 7.60. The number of nitrogens with zero attached hydrogens (tertiary/aromatic N) is 3. The van der Waals surface area contributed by atoms with Crippen LogP contribution in [0.4, 0.5) is 13.2 Å². The number of aromatic nitrogens is 2. The van der Waals surface area contributed by atoms with Gasteiger partial charge in [0.25, 0.3) is 0 Å². The number of carboxylic acids is 1. The van der Waals surface area contributed by atoms with Crippen molar-refractivity contribution >= 4 is 11.9 Å². The Morgan fingerprint density at radius 2 is 1.94 bits per heavy atom. The number of carboxylic acid groups (broad SMARTS) is 1. The minimum Gasteiger partial charge on any atom is -0.475 e. The average Bonchev–Trinajstić information content (AvgIpc) is 3.03. The first-order chi connectivity index (χ1) is 14.7. The molecule has 3 heterocycles. The molecule has 1 unspecified atom stereocenters. The summed E-state index contributed by atoms with van der Waals surface area (Å²) in [4.78, 5) is 27.8. The van der Waals surface area contributed by atoms with Gasteiger partial charge >= 0.3 is 12.1 Å². The Morgan fingerprint density at radius 1 is 1.19 bits per heavy atom. The van der Waals surface area contributed by atoms with E-state index in [0.29, 0.717) is 25.6 Å². The number of amides is 1. The summed E-state index contributed by atoms with van der Waals surface area (Å²) in [5.41, 5.74) is 2.25. The number of carbonyl (C=O) groups excluding carboxylic acids is 1. The molecule has 31 heavy (non-hydrogen) atoms. The molecule has 0 bridgehead atoms. The fraction of sp³-hybridized carbons (Fsp3) is 0.476. The average molecular weight is 439 g/mol. The molecular formula is C21H24F3N3O4. The van der Waals surface area contributed by atoms with Gasteiger partial charge in [-0.05, 0) is 36.6 Å². The maximum Gasteiger partial charge on any atom is 0.490 e. The van der Waals surface area contributed by atoms with E-state index in [0.717, 1.165) is 24.9 Å². The number of alkyl halides is 3. The highest BCUT2D eigenvalue weighted by atomic mass is 19.4. The lowest BCUT2D eigenvalue weighted by Crippen LogP contribution is -2.42. The zero-order valence-electron chi connectivity index (χ0n) is 16.8. The van der Waals surface area contributed by atoms with Crippen molar-refractivity contribution in [2.75, 3.05) is 6.54 Å². The van der Waals surface area contributed by atoms with Gasteiger partial charge in [-0.25, -0.2) is 4.79 Å². The normalized spacial score (nSPS) is 18.8. The zero-order valence-corrected chi connectivity index (χ0v) is 16.8. The molecule has 4 rings (SSSR count). The van der Waals surface area contributed by atoms with E-state index in [-0.39, 0.29) is 12.0 Å². The van der Waals surface area contributed by atoms with Gasteiger partial charge in [-0.1, -0.05) is 12.5 Å². The molecule has 1 aliphatic carbocycles. The van der Waals surface area contributed by atoms with Crippen molar-refractivity contribution in [1.29, 1.82) is 0 Å². The molecule has 1 N–H and O–H groups in total. The lowest BCUT2D eigenvalue weighted by Gasteiger charge is -2.32. The summed E-state index contributed by atoms with van der Waals surface area (Å²) < 4.78 is 40.1. The highest BCUT2D eigenvalue weighted by Gasteiger charge is 2.38. The number of aliphatic carboxylic acids is 1. The van der Waals surface area contributed by atoms with Crippen LogP contribution in [0.25, 0.3) is 0 Å². The third-order valence-electron chi connectivity index (χ3n) is 5.32. The van der Waals surface area contributed by atoms with E-state index >= 15 is 0 Å². The van der Waals surface area contributed by atoms with Crippen LogP contribution in [-0.2, 0) is 34.0 Å². The number of carbonyl (C=O) groups is 2. The molecule has 1 fully saturated rings. The van der Waals surface area contributed by atoms with Crippen molar-refractivity contribution < 1.29 is 32.6 Å². The topological polar surface area (TPSA) is 84.7 Å². The van der Waals surface area contributed by atoms with E-state index in [1.807, 2.05) is 29.3 Å². The monoisotopic (exact) mass is 439 g/mol. The van der Waals surface area contributed by atoms with Gasteiger partial charge in [0.2, 0.25) is 5.91 Å². The van der Waals surface area contributed by atoms with Crippen molar-refractivity contribution in [1.82, 2.24) is 14.5 Å². The van der Waals surface area contributed by atoms with Crippen LogP contribution in [0.5, 0.6) is 0 Å². The SMILES string of the molecule is O=C(C1CCC1)N1Cc2cccn2CC(OCc2cccnc2)C1.O=C(O)C(F)(F)F. The van der Waals surface area contributed by atoms with Gasteiger partial charge < -0.3 is 19.3 Å². The Hall–Kier alpha value is -2.88. The number of hydrogen-bond acceptors (Lipinski definition) is 4. The van der Waals surface area contributed by atoms with Crippen molar-refractivity contribution in [3.8, 4) is 0 Å². The van der Waals surface area contributed by atoms with Gasteiger partial charge in [-0.2, -0.15) is 13.2 Å². The number of rotatable bonds is 4. The fourth-order valence-corrected chi connectivity index (χ4v) is 3.44. The van der Waals surface area contributed by atoms with E-state index in [1.54, 1.807) is 6.20 Å². The van der Waals surface area contributed by atoms with Crippen LogP contribution in [-0.4, -0.2) is 50.3 Å². The first kappa shape index (κ1) is 22.8. The summed E-state index contributed by atoms with van der Waals surface area (Å²) >= 11 is 0. The van der Waals surface area contributed by atoms with E-state index in [4.69, 9.17) is 14.6 Å². The molecule has 7 nitrogen and oxygen atoms in total. The molecule has 1 atom stereocenters. The van der Waals surface area contributed by atoms with Crippen LogP contribution >= 0.6 is 0 Å². The third-order valence-corrected chi connectivity index (χ3v) is 5.32. The molecule has 1 saturated carbocycles. The standard InChI is InChI=1S/C19H23N3O2.C2HF3O2/c23-19(16-5-1-6-16)22-11-17-7-3-9-21(17)12-18(13-22)24-14-15-4-2-8-20-10-15;3-2(4,5)1(6)7/h2-4,7-10,16,18H,1,5-6,11-14H2;(H,6,7). The summed E-state index contributed by atoms with van der Waals surface area (Å²) in [6.45, 7) is 2.67.